The second-order valence-corrected chi connectivity index (χ2v) is 8.50. The number of hydrazone groups is 1. The predicted molar refractivity (Wildman–Crippen MR) is 130 cm³/mol. The molecule has 0 aliphatic carbocycles. The topological polar surface area (TPSA) is 97.6 Å². The molecule has 1 amide bonds. The number of hydrogen-bond donors (Lipinski definition) is 4. The van der Waals surface area contributed by atoms with E-state index < -0.39 is 5.91 Å². The van der Waals surface area contributed by atoms with Crippen LogP contribution >= 0.6 is 11.3 Å². The van der Waals surface area contributed by atoms with E-state index in [1.807, 2.05) is 49.4 Å². The summed E-state index contributed by atoms with van der Waals surface area (Å²) in [5.74, 6) is -0.449. The van der Waals surface area contributed by atoms with E-state index in [2.05, 4.69) is 22.8 Å². The first-order chi connectivity index (χ1) is 14.9. The summed E-state index contributed by atoms with van der Waals surface area (Å²) in [7, 11) is 0. The molecule has 3 aromatic rings. The number of amides is 1. The van der Waals surface area contributed by atoms with Crippen molar-refractivity contribution in [3.8, 4) is 16.2 Å². The molecule has 1 aromatic heterocycles. The van der Waals surface area contributed by atoms with Crippen LogP contribution in [-0.2, 0) is 11.2 Å². The van der Waals surface area contributed by atoms with Crippen LogP contribution in [0.4, 0.5) is 11.4 Å². The molecule has 6 nitrogen and oxygen atoms in total. The van der Waals surface area contributed by atoms with Crippen LogP contribution in [0.1, 0.15) is 30.7 Å². The van der Waals surface area contributed by atoms with Gasteiger partial charge in [-0.2, -0.15) is 5.10 Å². The van der Waals surface area contributed by atoms with Crippen LogP contribution in [0.25, 0.3) is 10.4 Å². The number of phenols is 1. The fraction of sp³-hybridized carbons (Fsp3) is 0.208. The molecule has 1 heterocycles. The standard InChI is InChI=1S/C24H26N4O2S/c1-4-6-17-10-12-18(13-11-17)26-24(30)22(16(3)25)28-27-20-8-5-7-19(23(20)29)21-14-9-15(2)31-21/h5,7-14,25,27,29H,4,6H2,1-3H3,(H,26,30)/b25-16?,28-22-. The van der Waals surface area contributed by atoms with Crippen molar-refractivity contribution >= 4 is 40.0 Å². The number of carbonyl (C=O) groups excluding carboxylic acids is 1. The molecule has 4 N–H and O–H groups in total. The van der Waals surface area contributed by atoms with Crippen molar-refractivity contribution in [2.45, 2.75) is 33.6 Å². The number of rotatable bonds is 8. The third kappa shape index (κ3) is 5.58. The molecule has 0 spiro atoms. The minimum absolute atomic E-state index is 0.0112. The van der Waals surface area contributed by atoms with E-state index >= 15 is 0 Å². The number of para-hydroxylation sites is 1. The molecular weight excluding hydrogens is 408 g/mol. The van der Waals surface area contributed by atoms with Gasteiger partial charge in [0.25, 0.3) is 5.91 Å². The summed E-state index contributed by atoms with van der Waals surface area (Å²) in [5.41, 5.74) is 5.58. The molecule has 0 bridgehead atoms. The maximum absolute atomic E-state index is 12.7. The lowest BCUT2D eigenvalue weighted by atomic mass is 10.1. The summed E-state index contributed by atoms with van der Waals surface area (Å²) in [6.45, 7) is 5.62. The molecule has 0 unspecified atom stereocenters. The normalized spacial score (nSPS) is 11.3. The first-order valence-corrected chi connectivity index (χ1v) is 10.9. The largest absolute Gasteiger partial charge is 0.505 e. The van der Waals surface area contributed by atoms with Gasteiger partial charge < -0.3 is 15.8 Å². The Morgan fingerprint density at radius 3 is 2.48 bits per heavy atom. The highest BCUT2D eigenvalue weighted by atomic mass is 32.1. The van der Waals surface area contributed by atoms with Gasteiger partial charge in [-0.1, -0.05) is 31.5 Å². The predicted octanol–water partition coefficient (Wildman–Crippen LogP) is 5.83. The molecule has 0 atom stereocenters. The number of benzene rings is 2. The molecule has 31 heavy (non-hydrogen) atoms. The summed E-state index contributed by atoms with van der Waals surface area (Å²) in [6.07, 6.45) is 2.04. The Morgan fingerprint density at radius 2 is 1.87 bits per heavy atom. The molecule has 2 aromatic carbocycles. The number of aryl methyl sites for hydroxylation is 2. The number of carbonyl (C=O) groups is 1. The van der Waals surface area contributed by atoms with E-state index in [1.165, 1.54) is 12.5 Å². The van der Waals surface area contributed by atoms with E-state index in [0.29, 0.717) is 16.9 Å². The SMILES string of the molecule is CCCc1ccc(NC(=O)/C(=N\Nc2cccc(-c3ccc(C)s3)c2O)C(C)=N)cc1. The second kappa shape index (κ2) is 10.0. The Morgan fingerprint density at radius 1 is 1.13 bits per heavy atom. The molecule has 0 saturated carbocycles. The number of nitrogens with one attached hydrogen (secondary N) is 3. The zero-order valence-corrected chi connectivity index (χ0v) is 18.6. The first-order valence-electron chi connectivity index (χ1n) is 10.1. The van der Waals surface area contributed by atoms with Gasteiger partial charge in [-0.05, 0) is 62.2 Å². The molecule has 0 saturated heterocycles. The van der Waals surface area contributed by atoms with Crippen molar-refractivity contribution < 1.29 is 9.90 Å². The van der Waals surface area contributed by atoms with Crippen molar-refractivity contribution in [2.24, 2.45) is 5.10 Å². The van der Waals surface area contributed by atoms with Crippen molar-refractivity contribution in [3.63, 3.8) is 0 Å². The fourth-order valence-corrected chi connectivity index (χ4v) is 3.96. The maximum atomic E-state index is 12.7. The molecule has 0 radical (unpaired) electrons. The van der Waals surface area contributed by atoms with Crippen LogP contribution in [0.2, 0.25) is 0 Å². The lowest BCUT2D eigenvalue weighted by Crippen LogP contribution is -2.29. The third-order valence-electron chi connectivity index (χ3n) is 4.65. The van der Waals surface area contributed by atoms with Crippen LogP contribution in [0.5, 0.6) is 5.75 Å². The Bertz CT molecular complexity index is 1120. The minimum atomic E-state index is -0.493. The molecule has 0 aliphatic heterocycles. The summed E-state index contributed by atoms with van der Waals surface area (Å²) < 4.78 is 0. The number of nitrogens with zero attached hydrogens (tertiary/aromatic N) is 1. The number of hydrogen-bond acceptors (Lipinski definition) is 6. The number of aromatic hydroxyl groups is 1. The van der Waals surface area contributed by atoms with Crippen LogP contribution in [-0.4, -0.2) is 22.4 Å². The van der Waals surface area contributed by atoms with Gasteiger partial charge in [-0.15, -0.1) is 11.3 Å². The lowest BCUT2D eigenvalue weighted by molar-refractivity contribution is -0.110. The number of phenolic OH excluding ortho intramolecular Hbond substituents is 1. The monoisotopic (exact) mass is 434 g/mol. The Labute approximate surface area is 186 Å². The van der Waals surface area contributed by atoms with E-state index in [4.69, 9.17) is 5.41 Å². The van der Waals surface area contributed by atoms with E-state index in [1.54, 1.807) is 23.5 Å². The molecule has 0 aliphatic rings. The molecular formula is C24H26N4O2S. The third-order valence-corrected chi connectivity index (χ3v) is 5.68. The van der Waals surface area contributed by atoms with Crippen molar-refractivity contribution in [2.75, 3.05) is 10.7 Å². The van der Waals surface area contributed by atoms with Crippen molar-refractivity contribution in [1.82, 2.24) is 0 Å². The highest BCUT2D eigenvalue weighted by Gasteiger charge is 2.16. The van der Waals surface area contributed by atoms with Gasteiger partial charge in [0.15, 0.2) is 5.71 Å². The van der Waals surface area contributed by atoms with Gasteiger partial charge in [0, 0.05) is 21.0 Å². The molecule has 0 fully saturated rings. The second-order valence-electron chi connectivity index (χ2n) is 7.21. The molecule has 7 heteroatoms. The van der Waals surface area contributed by atoms with Gasteiger partial charge in [0.2, 0.25) is 0 Å². The Balaban J connectivity index is 1.78. The minimum Gasteiger partial charge on any atom is -0.505 e. The average molecular weight is 435 g/mol. The summed E-state index contributed by atoms with van der Waals surface area (Å²) in [5, 5.41) is 25.5. The van der Waals surface area contributed by atoms with E-state index in [9.17, 15) is 9.90 Å². The zero-order chi connectivity index (χ0) is 22.4. The van der Waals surface area contributed by atoms with Gasteiger partial charge in [0.1, 0.15) is 5.75 Å². The molecule has 3 rings (SSSR count). The Hall–Kier alpha value is -3.45. The highest BCUT2D eigenvalue weighted by Crippen LogP contribution is 2.38. The number of thiophene rings is 1. The Kier molecular flexibility index (Phi) is 7.20. The van der Waals surface area contributed by atoms with Crippen LogP contribution in [0.3, 0.4) is 0 Å². The van der Waals surface area contributed by atoms with Crippen molar-refractivity contribution in [1.29, 1.82) is 5.41 Å². The zero-order valence-electron chi connectivity index (χ0n) is 17.8. The van der Waals surface area contributed by atoms with Crippen molar-refractivity contribution in [3.05, 3.63) is 65.0 Å². The summed E-state index contributed by atoms with van der Waals surface area (Å²) in [6, 6.07) is 16.9. The smallest absolute Gasteiger partial charge is 0.277 e. The quantitative estimate of drug-likeness (QED) is 0.204. The fourth-order valence-electron chi connectivity index (χ4n) is 3.07. The van der Waals surface area contributed by atoms with Crippen LogP contribution in [0.15, 0.2) is 59.7 Å². The highest BCUT2D eigenvalue weighted by molar-refractivity contribution is 7.15. The van der Waals surface area contributed by atoms with E-state index in [0.717, 1.165) is 22.6 Å². The lowest BCUT2D eigenvalue weighted by Gasteiger charge is -2.11. The van der Waals surface area contributed by atoms with Gasteiger partial charge in [-0.25, -0.2) is 0 Å². The van der Waals surface area contributed by atoms with Gasteiger partial charge >= 0.3 is 0 Å². The molecule has 160 valence electrons. The van der Waals surface area contributed by atoms with Crippen LogP contribution < -0.4 is 10.7 Å². The van der Waals surface area contributed by atoms with Gasteiger partial charge in [-0.3, -0.25) is 10.2 Å². The number of anilines is 2. The van der Waals surface area contributed by atoms with E-state index in [-0.39, 0.29) is 17.2 Å². The average Bonchev–Trinajstić information content (AvgIpc) is 3.17. The maximum Gasteiger partial charge on any atom is 0.277 e. The summed E-state index contributed by atoms with van der Waals surface area (Å²) in [4.78, 5) is 14.8. The summed E-state index contributed by atoms with van der Waals surface area (Å²) >= 11 is 1.58. The van der Waals surface area contributed by atoms with Gasteiger partial charge in [0.05, 0.1) is 11.4 Å². The first kappa shape index (κ1) is 22.2. The van der Waals surface area contributed by atoms with Crippen LogP contribution in [0, 0.1) is 12.3 Å².